The molecule has 3 heterocycles. The molecule has 3 fully saturated rings. The van der Waals surface area contributed by atoms with E-state index >= 15 is 0 Å². The van der Waals surface area contributed by atoms with Gasteiger partial charge in [-0.1, -0.05) is 12.1 Å². The van der Waals surface area contributed by atoms with Gasteiger partial charge in [-0.25, -0.2) is 0 Å². The largest absolute Gasteiger partial charge is 0.423 e. The van der Waals surface area contributed by atoms with E-state index in [2.05, 4.69) is 4.98 Å². The Bertz CT molecular complexity index is 767. The van der Waals surface area contributed by atoms with Gasteiger partial charge < -0.3 is 19.0 Å². The third-order valence-corrected chi connectivity index (χ3v) is 5.79. The summed E-state index contributed by atoms with van der Waals surface area (Å²) in [4.78, 5) is 21.7. The highest BCUT2D eigenvalue weighted by Crippen LogP contribution is 2.31. The van der Waals surface area contributed by atoms with E-state index in [-0.39, 0.29) is 18.1 Å². The Kier molecular flexibility index (Phi) is 4.08. The van der Waals surface area contributed by atoms with Crippen LogP contribution < -0.4 is 4.90 Å². The molecule has 1 aromatic heterocycles. The number of nitrogens with zero attached hydrogens (tertiary/aromatic N) is 3. The summed E-state index contributed by atoms with van der Waals surface area (Å²) in [6.45, 7) is 3.21. The number of ether oxygens (including phenoxy) is 1. The van der Waals surface area contributed by atoms with Crippen molar-refractivity contribution in [2.24, 2.45) is 5.92 Å². The second-order valence-corrected chi connectivity index (χ2v) is 7.79. The van der Waals surface area contributed by atoms with Crippen LogP contribution in [0.1, 0.15) is 32.1 Å². The number of rotatable bonds is 5. The van der Waals surface area contributed by atoms with E-state index in [1.54, 1.807) is 0 Å². The summed E-state index contributed by atoms with van der Waals surface area (Å²) in [5.74, 6) is 0.964. The van der Waals surface area contributed by atoms with Crippen molar-refractivity contribution in [3.05, 3.63) is 24.3 Å². The maximum atomic E-state index is 13.1. The average Bonchev–Trinajstić information content (AvgIpc) is 3.08. The SMILES string of the molecule is O=C(C1CCCN1c1nc2ccccc2o1)N1CCC(OCC2CC2)C1. The summed E-state index contributed by atoms with van der Waals surface area (Å²) in [7, 11) is 0. The number of anilines is 1. The predicted octanol–water partition coefficient (Wildman–Crippen LogP) is 2.82. The molecule has 0 radical (unpaired) electrons. The highest BCUT2D eigenvalue weighted by Gasteiger charge is 2.39. The van der Waals surface area contributed by atoms with Crippen LogP contribution in [-0.4, -0.2) is 54.2 Å². The molecule has 0 N–H and O–H groups in total. The molecule has 0 bridgehead atoms. The Morgan fingerprint density at radius 2 is 2.08 bits per heavy atom. The maximum Gasteiger partial charge on any atom is 0.299 e. The van der Waals surface area contributed by atoms with Crippen LogP contribution in [0, 0.1) is 5.92 Å². The van der Waals surface area contributed by atoms with E-state index in [0.717, 1.165) is 62.5 Å². The monoisotopic (exact) mass is 355 g/mol. The molecule has 2 saturated heterocycles. The topological polar surface area (TPSA) is 58.8 Å². The van der Waals surface area contributed by atoms with E-state index in [1.165, 1.54) is 12.8 Å². The molecule has 26 heavy (non-hydrogen) atoms. The Morgan fingerprint density at radius 1 is 1.19 bits per heavy atom. The van der Waals surface area contributed by atoms with Crippen LogP contribution in [0.3, 0.4) is 0 Å². The molecule has 2 aliphatic heterocycles. The molecule has 0 spiro atoms. The highest BCUT2D eigenvalue weighted by atomic mass is 16.5. The first-order valence-corrected chi connectivity index (χ1v) is 9.80. The molecule has 1 saturated carbocycles. The number of carbonyl (C=O) groups excluding carboxylic acids is 1. The van der Waals surface area contributed by atoms with Gasteiger partial charge in [-0.05, 0) is 50.2 Å². The number of carbonyl (C=O) groups is 1. The number of fused-ring (bicyclic) bond motifs is 1. The minimum absolute atomic E-state index is 0.162. The second-order valence-electron chi connectivity index (χ2n) is 7.79. The smallest absolute Gasteiger partial charge is 0.299 e. The van der Waals surface area contributed by atoms with Crippen LogP contribution >= 0.6 is 0 Å². The van der Waals surface area contributed by atoms with Gasteiger partial charge in [0.25, 0.3) is 6.01 Å². The fourth-order valence-corrected chi connectivity index (χ4v) is 4.07. The van der Waals surface area contributed by atoms with E-state index in [0.29, 0.717) is 6.01 Å². The number of likely N-dealkylation sites (tertiary alicyclic amines) is 1. The van der Waals surface area contributed by atoms with Crippen LogP contribution in [0.4, 0.5) is 6.01 Å². The third kappa shape index (κ3) is 3.07. The van der Waals surface area contributed by atoms with Gasteiger partial charge in [0.15, 0.2) is 5.58 Å². The molecule has 3 aliphatic rings. The molecule has 6 heteroatoms. The van der Waals surface area contributed by atoms with Gasteiger partial charge >= 0.3 is 0 Å². The summed E-state index contributed by atoms with van der Waals surface area (Å²) >= 11 is 0. The average molecular weight is 355 g/mol. The van der Waals surface area contributed by atoms with E-state index in [1.807, 2.05) is 34.1 Å². The molecule has 1 aromatic carbocycles. The quantitative estimate of drug-likeness (QED) is 0.825. The minimum atomic E-state index is -0.162. The van der Waals surface area contributed by atoms with E-state index in [4.69, 9.17) is 9.15 Å². The number of oxazole rings is 1. The zero-order valence-electron chi connectivity index (χ0n) is 15.0. The molecule has 2 aromatic rings. The summed E-state index contributed by atoms with van der Waals surface area (Å²) in [5.41, 5.74) is 1.62. The predicted molar refractivity (Wildman–Crippen MR) is 98.0 cm³/mol. The Hall–Kier alpha value is -2.08. The fraction of sp³-hybridized carbons (Fsp3) is 0.600. The van der Waals surface area contributed by atoms with E-state index in [9.17, 15) is 4.79 Å². The van der Waals surface area contributed by atoms with Gasteiger partial charge in [-0.2, -0.15) is 4.98 Å². The van der Waals surface area contributed by atoms with Gasteiger partial charge in [0, 0.05) is 26.2 Å². The van der Waals surface area contributed by atoms with Gasteiger partial charge in [0.1, 0.15) is 11.6 Å². The maximum absolute atomic E-state index is 13.1. The second kappa shape index (κ2) is 6.58. The van der Waals surface area contributed by atoms with Gasteiger partial charge in [0.05, 0.1) is 6.10 Å². The molecule has 2 atom stereocenters. The van der Waals surface area contributed by atoms with Crippen molar-refractivity contribution < 1.29 is 13.9 Å². The van der Waals surface area contributed by atoms with Gasteiger partial charge in [0.2, 0.25) is 5.91 Å². The van der Waals surface area contributed by atoms with Crippen molar-refractivity contribution in [3.63, 3.8) is 0 Å². The molecular weight excluding hydrogens is 330 g/mol. The number of amides is 1. The molecule has 5 rings (SSSR count). The molecule has 1 aliphatic carbocycles. The van der Waals surface area contributed by atoms with E-state index < -0.39 is 0 Å². The number of aromatic nitrogens is 1. The summed E-state index contributed by atoms with van der Waals surface area (Å²) < 4.78 is 11.9. The zero-order chi connectivity index (χ0) is 17.5. The van der Waals surface area contributed by atoms with Crippen molar-refractivity contribution in [2.75, 3.05) is 31.1 Å². The van der Waals surface area contributed by atoms with Crippen LogP contribution in [0.5, 0.6) is 0 Å². The first kappa shape index (κ1) is 16.1. The first-order chi connectivity index (χ1) is 12.8. The highest BCUT2D eigenvalue weighted by molar-refractivity contribution is 5.86. The fourth-order valence-electron chi connectivity index (χ4n) is 4.07. The van der Waals surface area contributed by atoms with Crippen molar-refractivity contribution in [3.8, 4) is 0 Å². The lowest BCUT2D eigenvalue weighted by atomic mass is 10.2. The number of hydrogen-bond donors (Lipinski definition) is 0. The molecule has 138 valence electrons. The molecular formula is C20H25N3O3. The normalized spacial score (nSPS) is 26.2. The molecule has 6 nitrogen and oxygen atoms in total. The lowest BCUT2D eigenvalue weighted by molar-refractivity contribution is -0.132. The van der Waals surface area contributed by atoms with Crippen LogP contribution in [0.2, 0.25) is 0 Å². The lowest BCUT2D eigenvalue weighted by Crippen LogP contribution is -2.45. The Morgan fingerprint density at radius 3 is 2.92 bits per heavy atom. The Balaban J connectivity index is 1.26. The zero-order valence-corrected chi connectivity index (χ0v) is 15.0. The number of para-hydroxylation sites is 2. The lowest BCUT2D eigenvalue weighted by Gasteiger charge is -2.26. The van der Waals surface area contributed by atoms with Gasteiger partial charge in [-0.15, -0.1) is 0 Å². The van der Waals surface area contributed by atoms with Crippen molar-refractivity contribution >= 4 is 23.0 Å². The standard InChI is InChI=1S/C20H25N3O3/c24-19(22-11-9-15(12-22)25-13-14-7-8-14)17-5-3-10-23(17)20-21-16-4-1-2-6-18(16)26-20/h1-2,4,6,14-15,17H,3,5,7-13H2. The molecule has 2 unspecified atom stereocenters. The van der Waals surface area contributed by atoms with Gasteiger partial charge in [-0.3, -0.25) is 4.79 Å². The third-order valence-electron chi connectivity index (χ3n) is 5.79. The number of benzene rings is 1. The van der Waals surface area contributed by atoms with Crippen molar-refractivity contribution in [1.82, 2.24) is 9.88 Å². The summed E-state index contributed by atoms with van der Waals surface area (Å²) in [6, 6.07) is 8.16. The molecule has 1 amide bonds. The van der Waals surface area contributed by atoms with Crippen LogP contribution in [0.25, 0.3) is 11.1 Å². The Labute approximate surface area is 153 Å². The van der Waals surface area contributed by atoms with Crippen molar-refractivity contribution in [2.45, 2.75) is 44.2 Å². The minimum Gasteiger partial charge on any atom is -0.423 e. The number of hydrogen-bond acceptors (Lipinski definition) is 5. The van der Waals surface area contributed by atoms with Crippen molar-refractivity contribution in [1.29, 1.82) is 0 Å². The first-order valence-electron chi connectivity index (χ1n) is 9.80. The summed E-state index contributed by atoms with van der Waals surface area (Å²) in [6.07, 6.45) is 5.62. The van der Waals surface area contributed by atoms with Crippen LogP contribution in [0.15, 0.2) is 28.7 Å². The summed E-state index contributed by atoms with van der Waals surface area (Å²) in [5, 5.41) is 0. The van der Waals surface area contributed by atoms with Crippen LogP contribution in [-0.2, 0) is 9.53 Å².